The summed E-state index contributed by atoms with van der Waals surface area (Å²) in [7, 11) is 2.09. The fourth-order valence-corrected chi connectivity index (χ4v) is 5.09. The molecule has 1 aromatic carbocycles. The maximum atomic E-state index is 13.4. The first-order valence-corrected chi connectivity index (χ1v) is 10.2. The molecule has 2 aliphatic rings. The summed E-state index contributed by atoms with van der Waals surface area (Å²) in [4.78, 5) is 31.6. The predicted octanol–water partition coefficient (Wildman–Crippen LogP) is 2.21. The molecular formula is C20H25N3O3S. The number of fused-ring (bicyclic) bond motifs is 1. The van der Waals surface area contributed by atoms with Gasteiger partial charge in [0.25, 0.3) is 5.91 Å². The third kappa shape index (κ3) is 3.59. The number of hydrogen-bond donors (Lipinski definition) is 0. The first-order valence-electron chi connectivity index (χ1n) is 9.41. The summed E-state index contributed by atoms with van der Waals surface area (Å²) in [5.41, 5.74) is 1.03. The molecular weight excluding hydrogens is 362 g/mol. The zero-order valence-electron chi connectivity index (χ0n) is 15.8. The lowest BCUT2D eigenvalue weighted by Crippen LogP contribution is -2.50. The van der Waals surface area contributed by atoms with Crippen LogP contribution < -0.4 is 0 Å². The van der Waals surface area contributed by atoms with Gasteiger partial charge in [-0.2, -0.15) is 0 Å². The minimum absolute atomic E-state index is 0.0613. The van der Waals surface area contributed by atoms with Gasteiger partial charge in [0.2, 0.25) is 5.91 Å². The number of morpholine rings is 1. The molecule has 6 nitrogen and oxygen atoms in total. The molecule has 0 spiro atoms. The number of nitrogens with zero attached hydrogens (tertiary/aromatic N) is 3. The van der Waals surface area contributed by atoms with Gasteiger partial charge in [-0.15, -0.1) is 11.3 Å². The van der Waals surface area contributed by atoms with Crippen molar-refractivity contribution >= 4 is 33.2 Å². The second-order valence-corrected chi connectivity index (χ2v) is 8.31. The summed E-state index contributed by atoms with van der Waals surface area (Å²) in [5.74, 6) is 0.134. The van der Waals surface area contributed by atoms with E-state index in [4.69, 9.17) is 4.74 Å². The number of amides is 2. The van der Waals surface area contributed by atoms with Crippen molar-refractivity contribution < 1.29 is 14.3 Å². The van der Waals surface area contributed by atoms with Crippen LogP contribution in [0.1, 0.15) is 28.3 Å². The zero-order valence-corrected chi connectivity index (χ0v) is 16.6. The molecule has 7 heteroatoms. The van der Waals surface area contributed by atoms with Gasteiger partial charge < -0.3 is 19.4 Å². The molecule has 27 heavy (non-hydrogen) atoms. The molecule has 0 unspecified atom stereocenters. The van der Waals surface area contributed by atoms with Crippen molar-refractivity contribution in [1.82, 2.24) is 14.7 Å². The summed E-state index contributed by atoms with van der Waals surface area (Å²) < 4.78 is 7.19. The average Bonchev–Trinajstić information content (AvgIpc) is 3.07. The molecule has 0 saturated carbocycles. The van der Waals surface area contributed by atoms with Gasteiger partial charge in [0.1, 0.15) is 0 Å². The Morgan fingerprint density at radius 1 is 1.07 bits per heavy atom. The van der Waals surface area contributed by atoms with Crippen molar-refractivity contribution in [1.29, 1.82) is 0 Å². The summed E-state index contributed by atoms with van der Waals surface area (Å²) in [5, 5.41) is 1.12. The highest BCUT2D eigenvalue weighted by Gasteiger charge is 2.32. The van der Waals surface area contributed by atoms with Crippen LogP contribution >= 0.6 is 11.3 Å². The summed E-state index contributed by atoms with van der Waals surface area (Å²) in [6, 6.07) is 8.19. The number of ether oxygens (including phenoxy) is 1. The van der Waals surface area contributed by atoms with Gasteiger partial charge >= 0.3 is 0 Å². The molecule has 3 heterocycles. The zero-order chi connectivity index (χ0) is 19.0. The van der Waals surface area contributed by atoms with Crippen molar-refractivity contribution in [2.75, 3.05) is 52.9 Å². The molecule has 1 atom stereocenters. The van der Waals surface area contributed by atoms with Gasteiger partial charge in [0, 0.05) is 56.5 Å². The van der Waals surface area contributed by atoms with Crippen LogP contribution in [0.5, 0.6) is 0 Å². The number of carbonyl (C=O) groups is 2. The van der Waals surface area contributed by atoms with E-state index < -0.39 is 0 Å². The van der Waals surface area contributed by atoms with Crippen molar-refractivity contribution in [2.24, 2.45) is 0 Å². The van der Waals surface area contributed by atoms with Crippen molar-refractivity contribution in [3.63, 3.8) is 0 Å². The van der Waals surface area contributed by atoms with E-state index in [-0.39, 0.29) is 17.9 Å². The molecule has 0 N–H and O–H groups in total. The van der Waals surface area contributed by atoms with Crippen LogP contribution in [0.15, 0.2) is 24.3 Å². The Kier molecular flexibility index (Phi) is 5.16. The van der Waals surface area contributed by atoms with Gasteiger partial charge in [-0.3, -0.25) is 9.59 Å². The van der Waals surface area contributed by atoms with Crippen LogP contribution in [-0.2, 0) is 9.53 Å². The first-order chi connectivity index (χ1) is 13.0. The maximum Gasteiger partial charge on any atom is 0.264 e. The van der Waals surface area contributed by atoms with E-state index in [1.165, 1.54) is 0 Å². The molecule has 0 radical (unpaired) electrons. The molecule has 2 saturated heterocycles. The van der Waals surface area contributed by atoms with Crippen LogP contribution in [0.25, 0.3) is 10.1 Å². The van der Waals surface area contributed by atoms with Crippen molar-refractivity contribution in [3.05, 3.63) is 34.7 Å². The van der Waals surface area contributed by atoms with Crippen LogP contribution in [-0.4, -0.2) is 79.4 Å². The number of hydrogen-bond acceptors (Lipinski definition) is 5. The van der Waals surface area contributed by atoms with E-state index in [1.54, 1.807) is 23.2 Å². The number of carbonyl (C=O) groups excluding carboxylic acids is 2. The highest BCUT2D eigenvalue weighted by molar-refractivity contribution is 7.21. The van der Waals surface area contributed by atoms with E-state index >= 15 is 0 Å². The number of rotatable bonds is 2. The van der Waals surface area contributed by atoms with Gasteiger partial charge in [-0.05, 0) is 18.5 Å². The molecule has 0 aliphatic carbocycles. The average molecular weight is 388 g/mol. The van der Waals surface area contributed by atoms with Crippen molar-refractivity contribution in [3.8, 4) is 0 Å². The lowest BCUT2D eigenvalue weighted by Gasteiger charge is -2.35. The second kappa shape index (κ2) is 7.58. The van der Waals surface area contributed by atoms with E-state index in [2.05, 4.69) is 24.1 Å². The van der Waals surface area contributed by atoms with Crippen LogP contribution in [0, 0.1) is 0 Å². The number of piperazine rings is 1. The smallest absolute Gasteiger partial charge is 0.264 e. The third-order valence-electron chi connectivity index (χ3n) is 5.43. The van der Waals surface area contributed by atoms with Gasteiger partial charge in [0.05, 0.1) is 17.6 Å². The second-order valence-electron chi connectivity index (χ2n) is 7.26. The maximum absolute atomic E-state index is 13.4. The standard InChI is InChI=1S/C20H25N3O3S/c1-14(24)22-7-9-23(10-8-22)20(25)19-18(16-13-21(2)11-12-26-16)15-5-3-4-6-17(15)27-19/h3-6,16H,7-13H2,1-2H3/t16-/m1/s1. The van der Waals surface area contributed by atoms with Crippen molar-refractivity contribution in [2.45, 2.75) is 13.0 Å². The Labute approximate surface area is 163 Å². The van der Waals surface area contributed by atoms with Crippen LogP contribution in [0.4, 0.5) is 0 Å². The molecule has 2 amide bonds. The number of benzene rings is 1. The molecule has 144 valence electrons. The van der Waals surface area contributed by atoms with Gasteiger partial charge in [-0.1, -0.05) is 18.2 Å². The minimum atomic E-state index is -0.0858. The van der Waals surface area contributed by atoms with Crippen LogP contribution in [0.2, 0.25) is 0 Å². The van der Waals surface area contributed by atoms with Gasteiger partial charge in [-0.25, -0.2) is 0 Å². The Balaban J connectivity index is 1.66. The fraction of sp³-hybridized carbons (Fsp3) is 0.500. The Morgan fingerprint density at radius 3 is 2.48 bits per heavy atom. The van der Waals surface area contributed by atoms with E-state index in [0.717, 1.165) is 33.6 Å². The van der Waals surface area contributed by atoms with E-state index in [0.29, 0.717) is 32.8 Å². The fourth-order valence-electron chi connectivity index (χ4n) is 3.86. The quantitative estimate of drug-likeness (QED) is 0.793. The Hall–Kier alpha value is -1.96. The molecule has 1 aromatic heterocycles. The largest absolute Gasteiger partial charge is 0.371 e. The lowest BCUT2D eigenvalue weighted by atomic mass is 10.0. The molecule has 2 aliphatic heterocycles. The van der Waals surface area contributed by atoms with Crippen LogP contribution in [0.3, 0.4) is 0 Å². The Bertz CT molecular complexity index is 857. The van der Waals surface area contributed by atoms with E-state index in [9.17, 15) is 9.59 Å². The van der Waals surface area contributed by atoms with E-state index in [1.807, 2.05) is 17.0 Å². The Morgan fingerprint density at radius 2 is 1.78 bits per heavy atom. The molecule has 4 rings (SSSR count). The number of thiophene rings is 1. The molecule has 2 aromatic rings. The highest BCUT2D eigenvalue weighted by Crippen LogP contribution is 2.38. The highest BCUT2D eigenvalue weighted by atomic mass is 32.1. The monoisotopic (exact) mass is 387 g/mol. The summed E-state index contributed by atoms with van der Waals surface area (Å²) in [6.45, 7) is 6.33. The van der Waals surface area contributed by atoms with Gasteiger partial charge in [0.15, 0.2) is 0 Å². The normalized spacial score (nSPS) is 21.6. The SMILES string of the molecule is CC(=O)N1CCN(C(=O)c2sc3ccccc3c2[C@H]2CN(C)CCO2)CC1. The third-order valence-corrected chi connectivity index (χ3v) is 6.61. The molecule has 2 fully saturated rings. The lowest BCUT2D eigenvalue weighted by molar-refractivity contribution is -0.130. The predicted molar refractivity (Wildman–Crippen MR) is 106 cm³/mol. The minimum Gasteiger partial charge on any atom is -0.371 e. The first kappa shape index (κ1) is 18.4. The summed E-state index contributed by atoms with van der Waals surface area (Å²) >= 11 is 1.56. The summed E-state index contributed by atoms with van der Waals surface area (Å²) in [6.07, 6.45) is -0.0858. The number of likely N-dealkylation sites (N-methyl/N-ethyl adjacent to an activating group) is 1. The molecule has 0 bridgehead atoms. The topological polar surface area (TPSA) is 53.1 Å².